The highest BCUT2D eigenvalue weighted by molar-refractivity contribution is 6.13. The van der Waals surface area contributed by atoms with Crippen LogP contribution in [0.4, 0.5) is 0 Å². The Labute approximate surface area is 238 Å². The third-order valence-electron chi connectivity index (χ3n) is 7.59. The number of ether oxygens (including phenoxy) is 4. The lowest BCUT2D eigenvalue weighted by Crippen LogP contribution is -2.43. The van der Waals surface area contributed by atoms with E-state index in [4.69, 9.17) is 18.9 Å². The Hall–Kier alpha value is -4.85. The van der Waals surface area contributed by atoms with Crippen molar-refractivity contribution in [1.82, 2.24) is 5.32 Å². The van der Waals surface area contributed by atoms with Gasteiger partial charge in [0, 0.05) is 28.8 Å². The van der Waals surface area contributed by atoms with Crippen LogP contribution in [0.3, 0.4) is 0 Å². The van der Waals surface area contributed by atoms with Crippen molar-refractivity contribution in [1.29, 1.82) is 0 Å². The van der Waals surface area contributed by atoms with Gasteiger partial charge in [0.15, 0.2) is 5.78 Å². The van der Waals surface area contributed by atoms with Crippen LogP contribution in [-0.2, 0) is 23.9 Å². The van der Waals surface area contributed by atoms with Crippen molar-refractivity contribution in [2.45, 2.75) is 25.2 Å². The van der Waals surface area contributed by atoms with Crippen LogP contribution in [0.25, 0.3) is 0 Å². The number of nitrogens with one attached hydrogen (secondary N) is 1. The van der Waals surface area contributed by atoms with Crippen LogP contribution in [0, 0.1) is 5.92 Å². The van der Waals surface area contributed by atoms with Crippen molar-refractivity contribution in [3.63, 3.8) is 0 Å². The van der Waals surface area contributed by atoms with E-state index in [1.54, 1.807) is 38.3 Å². The molecular weight excluding hydrogens is 522 g/mol. The van der Waals surface area contributed by atoms with Gasteiger partial charge >= 0.3 is 11.9 Å². The average Bonchev–Trinajstić information content (AvgIpc) is 3.00. The van der Waals surface area contributed by atoms with E-state index in [9.17, 15) is 14.4 Å². The lowest BCUT2D eigenvalue weighted by atomic mass is 9.67. The molecule has 3 unspecified atom stereocenters. The Morgan fingerprint density at radius 3 is 2.17 bits per heavy atom. The molecule has 3 atom stereocenters. The topological polar surface area (TPSA) is 100 Å². The van der Waals surface area contributed by atoms with Gasteiger partial charge in [0.1, 0.15) is 23.2 Å². The summed E-state index contributed by atoms with van der Waals surface area (Å²) in [4.78, 5) is 40.7. The van der Waals surface area contributed by atoms with Gasteiger partial charge in [-0.1, -0.05) is 42.5 Å². The highest BCUT2D eigenvalue weighted by Crippen LogP contribution is 2.48. The predicted octanol–water partition coefficient (Wildman–Crippen LogP) is 5.42. The molecule has 2 aliphatic rings. The third-order valence-corrected chi connectivity index (χ3v) is 7.59. The van der Waals surface area contributed by atoms with Gasteiger partial charge in [-0.2, -0.15) is 0 Å². The highest BCUT2D eigenvalue weighted by atomic mass is 16.5. The first kappa shape index (κ1) is 27.7. The number of dihydropyridines is 1. The van der Waals surface area contributed by atoms with E-state index >= 15 is 0 Å². The summed E-state index contributed by atoms with van der Waals surface area (Å²) < 4.78 is 21.6. The molecule has 1 N–H and O–H groups in total. The SMILES string of the molecule is COC(=O)C1=C(C)NC2=C(C(=O)C(C(=O)OC)C(c3ccc(OC)cc3)C2)C1c1cccc(Oc2ccccc2)c1. The van der Waals surface area contributed by atoms with Crippen molar-refractivity contribution in [2.24, 2.45) is 5.92 Å². The second-order valence-electron chi connectivity index (χ2n) is 9.92. The summed E-state index contributed by atoms with van der Waals surface area (Å²) in [6.45, 7) is 1.78. The fourth-order valence-corrected chi connectivity index (χ4v) is 5.69. The van der Waals surface area contributed by atoms with Gasteiger partial charge in [0.25, 0.3) is 0 Å². The molecule has 3 aromatic carbocycles. The first-order valence-corrected chi connectivity index (χ1v) is 13.2. The fourth-order valence-electron chi connectivity index (χ4n) is 5.69. The molecule has 0 aromatic heterocycles. The maximum absolute atomic E-state index is 14.4. The molecule has 0 spiro atoms. The maximum Gasteiger partial charge on any atom is 0.336 e. The van der Waals surface area contributed by atoms with Crippen LogP contribution in [0.1, 0.15) is 36.3 Å². The summed E-state index contributed by atoms with van der Waals surface area (Å²) in [5.74, 6) is -2.11. The Balaban J connectivity index is 1.63. The first-order valence-electron chi connectivity index (χ1n) is 13.2. The van der Waals surface area contributed by atoms with E-state index in [0.29, 0.717) is 51.8 Å². The molecule has 0 saturated carbocycles. The Kier molecular flexibility index (Phi) is 7.92. The minimum absolute atomic E-state index is 0.294. The normalized spacial score (nSPS) is 20.1. The fraction of sp³-hybridized carbons (Fsp3) is 0.242. The number of para-hydroxylation sites is 1. The van der Waals surface area contributed by atoms with Gasteiger partial charge in [0.2, 0.25) is 0 Å². The highest BCUT2D eigenvalue weighted by Gasteiger charge is 2.49. The van der Waals surface area contributed by atoms with E-state index in [0.717, 1.165) is 5.56 Å². The zero-order chi connectivity index (χ0) is 29.1. The molecule has 1 aliphatic heterocycles. The van der Waals surface area contributed by atoms with Crippen molar-refractivity contribution >= 4 is 17.7 Å². The number of hydrogen-bond donors (Lipinski definition) is 1. The molecular formula is C33H31NO7. The van der Waals surface area contributed by atoms with Crippen molar-refractivity contribution < 1.29 is 33.3 Å². The molecule has 3 aromatic rings. The molecule has 210 valence electrons. The number of rotatable bonds is 7. The van der Waals surface area contributed by atoms with E-state index in [1.807, 2.05) is 54.6 Å². The van der Waals surface area contributed by atoms with Gasteiger partial charge in [-0.05, 0) is 60.9 Å². The maximum atomic E-state index is 14.4. The number of esters is 2. The van der Waals surface area contributed by atoms with E-state index in [1.165, 1.54) is 14.2 Å². The van der Waals surface area contributed by atoms with Crippen LogP contribution >= 0.6 is 0 Å². The van der Waals surface area contributed by atoms with Crippen molar-refractivity contribution in [3.05, 3.63) is 113 Å². The summed E-state index contributed by atoms with van der Waals surface area (Å²) in [5, 5.41) is 3.30. The predicted molar refractivity (Wildman–Crippen MR) is 151 cm³/mol. The molecule has 1 aliphatic carbocycles. The molecule has 1 heterocycles. The summed E-state index contributed by atoms with van der Waals surface area (Å²) in [6.07, 6.45) is 0.357. The lowest BCUT2D eigenvalue weighted by Gasteiger charge is -2.39. The molecule has 0 fully saturated rings. The molecule has 0 radical (unpaired) electrons. The Bertz CT molecular complexity index is 1540. The smallest absolute Gasteiger partial charge is 0.336 e. The molecule has 5 rings (SSSR count). The number of methoxy groups -OCH3 is 3. The summed E-state index contributed by atoms with van der Waals surface area (Å²) in [6, 6.07) is 23.9. The second-order valence-corrected chi connectivity index (χ2v) is 9.92. The Morgan fingerprint density at radius 2 is 1.51 bits per heavy atom. The molecule has 8 nitrogen and oxygen atoms in total. The summed E-state index contributed by atoms with van der Waals surface area (Å²) in [7, 11) is 4.15. The number of hydrogen-bond acceptors (Lipinski definition) is 8. The van der Waals surface area contributed by atoms with Gasteiger partial charge in [-0.25, -0.2) is 4.79 Å². The van der Waals surface area contributed by atoms with Gasteiger partial charge in [-0.15, -0.1) is 0 Å². The standard InChI is InChI=1S/C33H31NO7/c1-19-27(32(36)39-3)28(21-9-8-12-24(17-21)41-23-10-6-5-7-11-23)30-26(34-19)18-25(29(31(30)35)33(37)40-4)20-13-15-22(38-2)16-14-20/h5-17,25,28-29,34H,18H2,1-4H3. The molecule has 0 amide bonds. The first-order chi connectivity index (χ1) is 19.9. The zero-order valence-electron chi connectivity index (χ0n) is 23.3. The van der Waals surface area contributed by atoms with Crippen LogP contribution in [0.15, 0.2) is 101 Å². The number of carbonyl (C=O) groups is 3. The molecule has 0 saturated heterocycles. The van der Waals surface area contributed by atoms with Gasteiger partial charge in [-0.3, -0.25) is 9.59 Å². The molecule has 8 heteroatoms. The van der Waals surface area contributed by atoms with Crippen LogP contribution in [-0.4, -0.2) is 39.1 Å². The quantitative estimate of drug-likeness (QED) is 0.306. The van der Waals surface area contributed by atoms with Crippen LogP contribution < -0.4 is 14.8 Å². The van der Waals surface area contributed by atoms with Crippen molar-refractivity contribution in [2.75, 3.05) is 21.3 Å². The largest absolute Gasteiger partial charge is 0.497 e. The monoisotopic (exact) mass is 553 g/mol. The average molecular weight is 554 g/mol. The van der Waals surface area contributed by atoms with Crippen LogP contribution in [0.2, 0.25) is 0 Å². The van der Waals surface area contributed by atoms with E-state index in [2.05, 4.69) is 5.32 Å². The van der Waals surface area contributed by atoms with Gasteiger partial charge in [0.05, 0.1) is 26.9 Å². The molecule has 41 heavy (non-hydrogen) atoms. The minimum Gasteiger partial charge on any atom is -0.497 e. The zero-order valence-corrected chi connectivity index (χ0v) is 23.3. The summed E-state index contributed by atoms with van der Waals surface area (Å²) in [5.41, 5.74) is 3.33. The number of allylic oxidation sites excluding steroid dienone is 3. The van der Waals surface area contributed by atoms with E-state index in [-0.39, 0.29) is 0 Å². The molecule has 0 bridgehead atoms. The summed E-state index contributed by atoms with van der Waals surface area (Å²) >= 11 is 0. The lowest BCUT2D eigenvalue weighted by molar-refractivity contribution is -0.150. The number of benzene rings is 3. The number of Topliss-reactive ketones (excluding diaryl/α,β-unsaturated/α-hetero) is 1. The van der Waals surface area contributed by atoms with Crippen molar-refractivity contribution in [3.8, 4) is 17.2 Å². The number of ketones is 1. The second kappa shape index (κ2) is 11.7. The van der Waals surface area contributed by atoms with Gasteiger partial charge < -0.3 is 24.3 Å². The van der Waals surface area contributed by atoms with Crippen LogP contribution in [0.5, 0.6) is 17.2 Å². The van der Waals surface area contributed by atoms with E-state index < -0.39 is 35.5 Å². The third kappa shape index (κ3) is 5.33. The minimum atomic E-state index is -1.10. The number of carbonyl (C=O) groups excluding carboxylic acids is 3. The Morgan fingerprint density at radius 1 is 0.805 bits per heavy atom.